The number of hydrogen-bond donors (Lipinski definition) is 2. The van der Waals surface area contributed by atoms with Crippen molar-refractivity contribution < 1.29 is 13.9 Å². The standard InChI is InChI=1S/C20H18N2O4S/c1-12(2)25-16-7-3-13(4-8-16)19(24)22-20(27)21-15-6-9-17-14(11-15)5-10-18(23)26-17/h3-12H,1-2H3,(H2,21,22,24,27). The molecule has 0 aliphatic rings. The lowest BCUT2D eigenvalue weighted by Gasteiger charge is -2.11. The average Bonchev–Trinajstić information content (AvgIpc) is 2.62. The predicted octanol–water partition coefficient (Wildman–Crippen LogP) is 3.71. The molecule has 0 aliphatic carbocycles. The van der Waals surface area contributed by atoms with E-state index in [0.717, 1.165) is 5.39 Å². The maximum absolute atomic E-state index is 12.3. The summed E-state index contributed by atoms with van der Waals surface area (Å²) in [7, 11) is 0. The molecule has 0 unspecified atom stereocenters. The van der Waals surface area contributed by atoms with Crippen molar-refractivity contribution in [2.75, 3.05) is 5.32 Å². The molecule has 0 saturated carbocycles. The van der Waals surface area contributed by atoms with Gasteiger partial charge in [-0.25, -0.2) is 4.79 Å². The highest BCUT2D eigenvalue weighted by Gasteiger charge is 2.09. The van der Waals surface area contributed by atoms with Gasteiger partial charge in [-0.05, 0) is 74.6 Å². The number of carbonyl (C=O) groups is 1. The van der Waals surface area contributed by atoms with Crippen molar-refractivity contribution in [3.8, 4) is 5.75 Å². The first kappa shape index (κ1) is 18.6. The van der Waals surface area contributed by atoms with E-state index in [9.17, 15) is 9.59 Å². The van der Waals surface area contributed by atoms with E-state index in [4.69, 9.17) is 21.4 Å². The summed E-state index contributed by atoms with van der Waals surface area (Å²) in [4.78, 5) is 23.5. The van der Waals surface area contributed by atoms with Gasteiger partial charge >= 0.3 is 5.63 Å². The van der Waals surface area contributed by atoms with Crippen molar-refractivity contribution in [2.24, 2.45) is 0 Å². The van der Waals surface area contributed by atoms with Crippen LogP contribution in [0.5, 0.6) is 5.75 Å². The van der Waals surface area contributed by atoms with E-state index >= 15 is 0 Å². The van der Waals surface area contributed by atoms with Gasteiger partial charge in [0.25, 0.3) is 5.91 Å². The number of nitrogens with one attached hydrogen (secondary N) is 2. The Morgan fingerprint density at radius 1 is 1.07 bits per heavy atom. The van der Waals surface area contributed by atoms with Crippen LogP contribution < -0.4 is 21.0 Å². The lowest BCUT2D eigenvalue weighted by molar-refractivity contribution is 0.0977. The fraction of sp³-hybridized carbons (Fsp3) is 0.150. The zero-order valence-corrected chi connectivity index (χ0v) is 15.6. The van der Waals surface area contributed by atoms with Gasteiger partial charge in [-0.3, -0.25) is 10.1 Å². The summed E-state index contributed by atoms with van der Waals surface area (Å²) < 4.78 is 10.6. The van der Waals surface area contributed by atoms with E-state index in [0.29, 0.717) is 22.6 Å². The Morgan fingerprint density at radius 2 is 1.81 bits per heavy atom. The summed E-state index contributed by atoms with van der Waals surface area (Å²) >= 11 is 5.20. The van der Waals surface area contributed by atoms with Crippen LogP contribution in [0.3, 0.4) is 0 Å². The highest BCUT2D eigenvalue weighted by atomic mass is 32.1. The molecular formula is C20H18N2O4S. The van der Waals surface area contributed by atoms with Crippen LogP contribution in [0.1, 0.15) is 24.2 Å². The molecule has 6 nitrogen and oxygen atoms in total. The molecule has 0 saturated heterocycles. The lowest BCUT2D eigenvalue weighted by atomic mass is 10.2. The van der Waals surface area contributed by atoms with Crippen molar-refractivity contribution in [3.63, 3.8) is 0 Å². The summed E-state index contributed by atoms with van der Waals surface area (Å²) in [5.41, 5.74) is 1.21. The van der Waals surface area contributed by atoms with Crippen LogP contribution in [0.4, 0.5) is 5.69 Å². The third-order valence-corrected chi connectivity index (χ3v) is 3.80. The molecule has 1 aromatic heterocycles. The Balaban J connectivity index is 1.64. The van der Waals surface area contributed by atoms with Gasteiger partial charge in [0.05, 0.1) is 6.10 Å². The first-order chi connectivity index (χ1) is 12.9. The van der Waals surface area contributed by atoms with E-state index in [1.165, 1.54) is 6.07 Å². The molecule has 0 bridgehead atoms. The molecule has 0 atom stereocenters. The van der Waals surface area contributed by atoms with Crippen LogP contribution in [-0.2, 0) is 0 Å². The van der Waals surface area contributed by atoms with Crippen LogP contribution in [0.15, 0.2) is 63.8 Å². The van der Waals surface area contributed by atoms with E-state index in [-0.39, 0.29) is 17.1 Å². The minimum Gasteiger partial charge on any atom is -0.491 e. The van der Waals surface area contributed by atoms with Crippen LogP contribution >= 0.6 is 12.2 Å². The number of benzene rings is 2. The molecule has 0 fully saturated rings. The molecule has 1 heterocycles. The van der Waals surface area contributed by atoms with Crippen molar-refractivity contribution in [1.82, 2.24) is 5.32 Å². The molecule has 3 aromatic rings. The monoisotopic (exact) mass is 382 g/mol. The first-order valence-corrected chi connectivity index (χ1v) is 8.74. The predicted molar refractivity (Wildman–Crippen MR) is 108 cm³/mol. The summed E-state index contributed by atoms with van der Waals surface area (Å²) in [5.74, 6) is 0.375. The Morgan fingerprint density at radius 3 is 2.52 bits per heavy atom. The lowest BCUT2D eigenvalue weighted by Crippen LogP contribution is -2.34. The zero-order chi connectivity index (χ0) is 19.4. The largest absolute Gasteiger partial charge is 0.491 e. The van der Waals surface area contributed by atoms with Crippen LogP contribution in [-0.4, -0.2) is 17.1 Å². The van der Waals surface area contributed by atoms with Gasteiger partial charge in [0.2, 0.25) is 0 Å². The smallest absolute Gasteiger partial charge is 0.336 e. The Hall–Kier alpha value is -3.19. The summed E-state index contributed by atoms with van der Waals surface area (Å²) in [6, 6.07) is 15.0. The molecule has 0 radical (unpaired) electrons. The maximum Gasteiger partial charge on any atom is 0.336 e. The number of hydrogen-bond acceptors (Lipinski definition) is 5. The number of carbonyl (C=O) groups excluding carboxylic acids is 1. The number of thiocarbonyl (C=S) groups is 1. The fourth-order valence-electron chi connectivity index (χ4n) is 2.44. The second-order valence-electron chi connectivity index (χ2n) is 6.11. The van der Waals surface area contributed by atoms with Crippen LogP contribution in [0.25, 0.3) is 11.0 Å². The Bertz CT molecular complexity index is 1040. The number of rotatable bonds is 4. The van der Waals surface area contributed by atoms with E-state index in [1.807, 2.05) is 13.8 Å². The highest BCUT2D eigenvalue weighted by molar-refractivity contribution is 7.80. The van der Waals surface area contributed by atoms with Crippen molar-refractivity contribution in [2.45, 2.75) is 20.0 Å². The Labute approximate surface area is 161 Å². The SMILES string of the molecule is CC(C)Oc1ccc(C(=O)NC(=S)Nc2ccc3oc(=O)ccc3c2)cc1. The third-order valence-electron chi connectivity index (χ3n) is 3.59. The normalized spacial score (nSPS) is 10.6. The zero-order valence-electron chi connectivity index (χ0n) is 14.8. The molecule has 27 heavy (non-hydrogen) atoms. The minimum absolute atomic E-state index is 0.0661. The number of anilines is 1. The van der Waals surface area contributed by atoms with Crippen LogP contribution in [0, 0.1) is 0 Å². The second-order valence-corrected chi connectivity index (χ2v) is 6.51. The van der Waals surface area contributed by atoms with Crippen molar-refractivity contribution in [1.29, 1.82) is 0 Å². The van der Waals surface area contributed by atoms with Gasteiger partial charge < -0.3 is 14.5 Å². The molecule has 7 heteroatoms. The van der Waals surface area contributed by atoms with Gasteiger partial charge in [-0.15, -0.1) is 0 Å². The van der Waals surface area contributed by atoms with Gasteiger partial charge in [-0.1, -0.05) is 0 Å². The molecule has 138 valence electrons. The quantitative estimate of drug-likeness (QED) is 0.529. The minimum atomic E-state index is -0.407. The third kappa shape index (κ3) is 4.92. The first-order valence-electron chi connectivity index (χ1n) is 8.34. The van der Waals surface area contributed by atoms with E-state index in [1.54, 1.807) is 48.5 Å². The molecule has 3 rings (SSSR count). The fourth-order valence-corrected chi connectivity index (χ4v) is 2.65. The number of ether oxygens (including phenoxy) is 1. The number of fused-ring (bicyclic) bond motifs is 1. The van der Waals surface area contributed by atoms with Crippen LogP contribution in [0.2, 0.25) is 0 Å². The van der Waals surface area contributed by atoms with Crippen molar-refractivity contribution >= 4 is 39.9 Å². The molecule has 2 N–H and O–H groups in total. The van der Waals surface area contributed by atoms with E-state index < -0.39 is 5.63 Å². The second kappa shape index (κ2) is 8.01. The summed E-state index contributed by atoms with van der Waals surface area (Å²) in [6.07, 6.45) is 0.0661. The maximum atomic E-state index is 12.3. The average molecular weight is 382 g/mol. The molecule has 2 aromatic carbocycles. The van der Waals surface area contributed by atoms with Gasteiger partial charge in [0.15, 0.2) is 5.11 Å². The van der Waals surface area contributed by atoms with E-state index in [2.05, 4.69) is 10.6 Å². The Kier molecular flexibility index (Phi) is 5.52. The summed E-state index contributed by atoms with van der Waals surface area (Å²) in [6.45, 7) is 3.87. The number of amides is 1. The molecule has 1 amide bonds. The molecule has 0 aliphatic heterocycles. The van der Waals surface area contributed by atoms with Crippen molar-refractivity contribution in [3.05, 3.63) is 70.6 Å². The topological polar surface area (TPSA) is 80.6 Å². The summed E-state index contributed by atoms with van der Waals surface area (Å²) in [5, 5.41) is 6.48. The highest BCUT2D eigenvalue weighted by Crippen LogP contribution is 2.18. The molecular weight excluding hydrogens is 364 g/mol. The van der Waals surface area contributed by atoms with Gasteiger partial charge in [0, 0.05) is 22.7 Å². The van der Waals surface area contributed by atoms with Gasteiger partial charge in [-0.2, -0.15) is 0 Å². The molecule has 0 spiro atoms. The van der Waals surface area contributed by atoms with Gasteiger partial charge in [0.1, 0.15) is 11.3 Å².